The third kappa shape index (κ3) is 13.7. The fourth-order valence-corrected chi connectivity index (χ4v) is 9.24. The zero-order valence-corrected chi connectivity index (χ0v) is 47.0. The van der Waals surface area contributed by atoms with E-state index in [1.807, 2.05) is 13.8 Å². The number of nitrogens with zero attached hydrogens (tertiary/aromatic N) is 9. The second-order valence-corrected chi connectivity index (χ2v) is 19.5. The number of hydrogen-bond donors (Lipinski definition) is 9. The maximum absolute atomic E-state index is 14.0. The molecule has 29 heteroatoms. The second-order valence-electron chi connectivity index (χ2n) is 19.5. The van der Waals surface area contributed by atoms with Gasteiger partial charge in [-0.1, -0.05) is 12.2 Å². The number of ether oxygens (including phenoxy) is 5. The summed E-state index contributed by atoms with van der Waals surface area (Å²) < 4.78 is 35.3. The Morgan fingerprint density at radius 1 is 0.774 bits per heavy atom. The molecule has 29 nitrogen and oxygen atoms in total. The first kappa shape index (κ1) is 60.7. The molecule has 4 aromatic heterocycles. The topological polar surface area (TPSA) is 398 Å². The summed E-state index contributed by atoms with van der Waals surface area (Å²) >= 11 is 0. The first-order valence-electron chi connectivity index (χ1n) is 26.8. The van der Waals surface area contributed by atoms with Gasteiger partial charge >= 0.3 is 6.09 Å². The quantitative estimate of drug-likeness (QED) is 0.0293. The summed E-state index contributed by atoms with van der Waals surface area (Å²) in [4.78, 5) is 89.8. The lowest BCUT2D eigenvalue weighted by atomic mass is 10.1. The number of aliphatic hydroxyl groups is 3. The molecule has 5 heterocycles. The number of primary amides is 2. The summed E-state index contributed by atoms with van der Waals surface area (Å²) in [5.74, 6) is -2.20. The molecule has 1 aliphatic rings. The number of carbonyl (C=O) groups excluding carboxylic acids is 6. The average Bonchev–Trinajstić information content (AvgIpc) is 3.24. The van der Waals surface area contributed by atoms with Gasteiger partial charge < -0.3 is 75.6 Å². The lowest BCUT2D eigenvalue weighted by Gasteiger charge is -2.35. The molecule has 0 bridgehead atoms. The molecule has 12 N–H and O–H groups in total. The molecule has 1 aliphatic heterocycles. The molecule has 4 atom stereocenters. The Morgan fingerprint density at radius 2 is 1.33 bits per heavy atom. The van der Waals surface area contributed by atoms with Gasteiger partial charge in [-0.3, -0.25) is 44.0 Å². The SMILES string of the molecule is CCn1nc(C)cc1C(=O)Nc1nc2cc(C(N)=O)cc(OC)c2n1C/C=C/Cn1c(NC(=O)c2cc(C)nn2CC)nc2cc(C(N)=O)cc(OCCCN(C)C(=O)OCc3ccc(O[C@@H]4OC[C@@H](O)[C@H](O)[C@H]4O)cc3NC(=O)CCN)c21. The number of nitrogens with one attached hydrogen (secondary N) is 3. The van der Waals surface area contributed by atoms with E-state index in [0.717, 1.165) is 0 Å². The van der Waals surface area contributed by atoms with Crippen LogP contribution in [-0.2, 0) is 47.1 Å². The van der Waals surface area contributed by atoms with Crippen molar-refractivity contribution in [2.75, 3.05) is 56.4 Å². The molecule has 3 aromatic carbocycles. The Bertz CT molecular complexity index is 3640. The molecule has 0 spiro atoms. The lowest BCUT2D eigenvalue weighted by molar-refractivity contribution is -0.242. The van der Waals surface area contributed by atoms with Gasteiger partial charge in [-0.2, -0.15) is 10.2 Å². The Hall–Kier alpha value is -9.42. The van der Waals surface area contributed by atoms with Crippen LogP contribution >= 0.6 is 0 Å². The number of fused-ring (bicyclic) bond motifs is 2. The summed E-state index contributed by atoms with van der Waals surface area (Å²) in [6, 6.07) is 13.6. The number of rotatable bonds is 25. The Labute approximate surface area is 480 Å². The summed E-state index contributed by atoms with van der Waals surface area (Å²) in [7, 11) is 2.94. The van der Waals surface area contributed by atoms with Crippen molar-refractivity contribution < 1.29 is 67.8 Å². The van der Waals surface area contributed by atoms with Crippen LogP contribution in [0.3, 0.4) is 0 Å². The van der Waals surface area contributed by atoms with Crippen molar-refractivity contribution in [3.63, 3.8) is 0 Å². The van der Waals surface area contributed by atoms with E-state index in [4.69, 9.17) is 50.9 Å². The highest BCUT2D eigenvalue weighted by atomic mass is 16.7. The van der Waals surface area contributed by atoms with Gasteiger partial charge in [-0.05, 0) is 82.6 Å². The van der Waals surface area contributed by atoms with Crippen LogP contribution in [0, 0.1) is 13.8 Å². The Balaban J connectivity index is 1.03. The van der Waals surface area contributed by atoms with Crippen molar-refractivity contribution in [2.24, 2.45) is 17.2 Å². The monoisotopic (exact) mass is 1160 g/mol. The van der Waals surface area contributed by atoms with Gasteiger partial charge in [0.25, 0.3) is 11.8 Å². The first-order chi connectivity index (χ1) is 40.2. The number of aliphatic hydroxyl groups excluding tert-OH is 3. The van der Waals surface area contributed by atoms with Crippen LogP contribution in [0.25, 0.3) is 22.1 Å². The van der Waals surface area contributed by atoms with Crippen molar-refractivity contribution in [1.82, 2.24) is 43.6 Å². The van der Waals surface area contributed by atoms with Gasteiger partial charge in [-0.25, -0.2) is 14.8 Å². The molecular weight excluding hydrogens is 1090 g/mol. The van der Waals surface area contributed by atoms with Gasteiger partial charge in [0.15, 0.2) is 0 Å². The second kappa shape index (κ2) is 26.7. The molecule has 0 radical (unpaired) electrons. The summed E-state index contributed by atoms with van der Waals surface area (Å²) in [5, 5.41) is 47.7. The number of benzene rings is 3. The largest absolute Gasteiger partial charge is 0.494 e. The number of carbonyl (C=O) groups is 6. The highest BCUT2D eigenvalue weighted by molar-refractivity contribution is 6.05. The molecule has 0 saturated carbocycles. The molecule has 1 saturated heterocycles. The maximum atomic E-state index is 14.0. The lowest BCUT2D eigenvalue weighted by Crippen LogP contribution is -2.54. The molecule has 6 amide bonds. The number of imidazole rings is 2. The van der Waals surface area contributed by atoms with Crippen LogP contribution in [0.5, 0.6) is 17.2 Å². The molecular formula is C55H67N15O14. The van der Waals surface area contributed by atoms with Crippen LogP contribution in [0.2, 0.25) is 0 Å². The zero-order chi connectivity index (χ0) is 60.5. The van der Waals surface area contributed by atoms with Gasteiger partial charge in [0, 0.05) is 75.5 Å². The van der Waals surface area contributed by atoms with Gasteiger partial charge in [0.05, 0.1) is 48.4 Å². The number of aryl methyl sites for hydroxylation is 4. The minimum atomic E-state index is -1.58. The van der Waals surface area contributed by atoms with Crippen molar-refractivity contribution in [2.45, 2.75) is 97.9 Å². The Morgan fingerprint density at radius 3 is 1.87 bits per heavy atom. The molecule has 0 unspecified atom stereocenters. The smallest absolute Gasteiger partial charge is 0.409 e. The van der Waals surface area contributed by atoms with Gasteiger partial charge in [0.1, 0.15) is 64.6 Å². The fourth-order valence-electron chi connectivity index (χ4n) is 9.24. The Kier molecular flexibility index (Phi) is 19.3. The van der Waals surface area contributed by atoms with Gasteiger partial charge in [-0.15, -0.1) is 0 Å². The molecule has 446 valence electrons. The van der Waals surface area contributed by atoms with Crippen LogP contribution < -0.4 is 47.4 Å². The third-order valence-corrected chi connectivity index (χ3v) is 13.5. The van der Waals surface area contributed by atoms with Crippen molar-refractivity contribution in [3.8, 4) is 17.2 Å². The molecule has 0 aliphatic carbocycles. The van der Waals surface area contributed by atoms with Crippen molar-refractivity contribution >= 4 is 75.3 Å². The van der Waals surface area contributed by atoms with E-state index in [-0.39, 0.29) is 116 Å². The summed E-state index contributed by atoms with van der Waals surface area (Å²) in [6.45, 7) is 7.75. The van der Waals surface area contributed by atoms with E-state index in [9.17, 15) is 44.1 Å². The number of methoxy groups -OCH3 is 1. The van der Waals surface area contributed by atoms with Crippen LogP contribution in [0.4, 0.5) is 22.4 Å². The number of amides is 6. The zero-order valence-electron chi connectivity index (χ0n) is 47.0. The average molecular weight is 1160 g/mol. The third-order valence-electron chi connectivity index (χ3n) is 13.5. The maximum Gasteiger partial charge on any atom is 0.409 e. The summed E-state index contributed by atoms with van der Waals surface area (Å²) in [5.41, 5.74) is 21.0. The van der Waals surface area contributed by atoms with E-state index in [2.05, 4.69) is 26.1 Å². The number of aromatic nitrogens is 8. The van der Waals surface area contributed by atoms with Crippen LogP contribution in [0.15, 0.2) is 66.7 Å². The number of allylic oxidation sites excluding steroid dienone is 2. The standard InChI is InChI=1S/C55H67N15O14/c1-7-69-38(20-29(3)64-69)50(77)62-53-60-36-22-32(48(57)75)24-41(80-6)44(36)67(53)17-9-10-18-68-45-37(61-54(68)63-51(78)39-21-30(4)65-70(39)8-2)23-33(49(58)76)25-42(45)81-19-11-16-66(5)55(79)83-27-31-12-13-34(26-35(31)59-43(72)14-15-56)84-52-47(74)46(73)40(71)28-82-52/h9-10,12-13,20-26,40,46-47,52,71,73-74H,7-8,11,14-19,27-28,56H2,1-6H3,(H2,57,75)(H2,58,76)(H,59,72)(H,60,62,77)(H,61,63,78)/b10-9+/t40-,46+,47-,52+/m1/s1. The van der Waals surface area contributed by atoms with E-state index in [1.54, 1.807) is 56.6 Å². The summed E-state index contributed by atoms with van der Waals surface area (Å²) in [6.07, 6.45) is -2.70. The van der Waals surface area contributed by atoms with Crippen molar-refractivity contribution in [1.29, 1.82) is 0 Å². The normalized spacial score (nSPS) is 16.0. The molecule has 84 heavy (non-hydrogen) atoms. The fraction of sp³-hybridized carbons (Fsp3) is 0.382. The van der Waals surface area contributed by atoms with Gasteiger partial charge in [0.2, 0.25) is 35.9 Å². The van der Waals surface area contributed by atoms with Crippen LogP contribution in [-0.4, -0.2) is 160 Å². The van der Waals surface area contributed by atoms with Crippen LogP contribution in [0.1, 0.15) is 85.3 Å². The molecule has 7 aromatic rings. The number of anilines is 3. The number of nitrogens with two attached hydrogens (primary N) is 3. The highest BCUT2D eigenvalue weighted by Crippen LogP contribution is 2.34. The minimum absolute atomic E-state index is 0.0130. The first-order valence-corrected chi connectivity index (χ1v) is 26.8. The van der Waals surface area contributed by atoms with E-state index >= 15 is 0 Å². The molecule has 8 rings (SSSR count). The van der Waals surface area contributed by atoms with Crippen molar-refractivity contribution in [3.05, 3.63) is 106 Å². The number of hydrogen-bond acceptors (Lipinski definition) is 19. The predicted octanol–water partition coefficient (Wildman–Crippen LogP) is 2.55. The molecule has 1 fully saturated rings. The van der Waals surface area contributed by atoms with E-state index in [1.165, 1.54) is 61.5 Å². The van der Waals surface area contributed by atoms with E-state index < -0.39 is 60.2 Å². The predicted molar refractivity (Wildman–Crippen MR) is 303 cm³/mol. The highest BCUT2D eigenvalue weighted by Gasteiger charge is 2.39. The minimum Gasteiger partial charge on any atom is -0.494 e. The van der Waals surface area contributed by atoms with E-state index in [0.29, 0.717) is 52.3 Å².